The van der Waals surface area contributed by atoms with Gasteiger partial charge in [0.15, 0.2) is 17.5 Å². The zero-order chi connectivity index (χ0) is 23.7. The normalized spacial score (nSPS) is 14.1. The van der Waals surface area contributed by atoms with E-state index in [0.717, 1.165) is 6.20 Å². The van der Waals surface area contributed by atoms with Gasteiger partial charge in [-0.1, -0.05) is 23.4 Å². The first-order valence-electron chi connectivity index (χ1n) is 10.5. The van der Waals surface area contributed by atoms with Crippen LogP contribution in [0.2, 0.25) is 0 Å². The number of halogens is 2. The number of hydrogen-bond donors (Lipinski definition) is 1. The maximum Gasteiger partial charge on any atom is 0.319 e. The minimum atomic E-state index is -1.02. The molecule has 1 fully saturated rings. The second-order valence-electron chi connectivity index (χ2n) is 7.67. The Morgan fingerprint density at radius 2 is 1.97 bits per heavy atom. The van der Waals surface area contributed by atoms with E-state index in [0.29, 0.717) is 42.2 Å². The molecule has 0 amide bonds. The van der Waals surface area contributed by atoms with Crippen molar-refractivity contribution in [3.8, 4) is 22.9 Å². The van der Waals surface area contributed by atoms with Gasteiger partial charge in [0, 0.05) is 24.7 Å². The van der Waals surface area contributed by atoms with Gasteiger partial charge in [-0.15, -0.1) is 0 Å². The van der Waals surface area contributed by atoms with Crippen molar-refractivity contribution in [3.05, 3.63) is 66.1 Å². The van der Waals surface area contributed by atoms with E-state index in [1.807, 2.05) is 0 Å². The van der Waals surface area contributed by atoms with Crippen LogP contribution in [0.3, 0.4) is 0 Å². The predicted octanol–water partition coefficient (Wildman–Crippen LogP) is 2.83. The molecule has 1 aliphatic heterocycles. The molecule has 1 N–H and O–H groups in total. The second-order valence-corrected chi connectivity index (χ2v) is 7.67. The van der Waals surface area contributed by atoms with Crippen LogP contribution in [0.25, 0.3) is 22.9 Å². The molecule has 34 heavy (non-hydrogen) atoms. The molecule has 0 spiro atoms. The van der Waals surface area contributed by atoms with E-state index in [2.05, 4.69) is 20.2 Å². The molecular weight excluding hydrogens is 448 g/mol. The Balaban J connectivity index is 1.53. The van der Waals surface area contributed by atoms with Gasteiger partial charge in [0.2, 0.25) is 0 Å². The Morgan fingerprint density at radius 3 is 2.74 bits per heavy atom. The number of carboxylic acid groups (broad SMARTS) is 1. The van der Waals surface area contributed by atoms with Crippen LogP contribution in [0, 0.1) is 11.6 Å². The minimum absolute atomic E-state index is 0.0320. The van der Waals surface area contributed by atoms with Gasteiger partial charge >= 0.3 is 5.97 Å². The van der Waals surface area contributed by atoms with Gasteiger partial charge in [-0.3, -0.25) is 14.5 Å². The summed E-state index contributed by atoms with van der Waals surface area (Å²) in [6.07, 6.45) is 3.10. The van der Waals surface area contributed by atoms with Crippen LogP contribution in [0.4, 0.5) is 14.6 Å². The number of carbonyl (C=O) groups is 1. The van der Waals surface area contributed by atoms with Crippen LogP contribution < -0.4 is 5.01 Å². The number of aliphatic carboxylic acids is 1. The average Bonchev–Trinajstić information content (AvgIpc) is 3.56. The molecule has 4 aromatic rings. The molecule has 1 aromatic carbocycles. The summed E-state index contributed by atoms with van der Waals surface area (Å²) < 4.78 is 35.4. The van der Waals surface area contributed by atoms with Gasteiger partial charge in [0.25, 0.3) is 0 Å². The summed E-state index contributed by atoms with van der Waals surface area (Å²) in [6, 6.07) is 9.65. The highest BCUT2D eigenvalue weighted by Crippen LogP contribution is 2.28. The molecule has 0 saturated carbocycles. The maximum atomic E-state index is 14.7. The van der Waals surface area contributed by atoms with Crippen molar-refractivity contribution in [1.29, 1.82) is 0 Å². The summed E-state index contributed by atoms with van der Waals surface area (Å²) in [5.74, 6) is -1.97. The molecule has 3 aromatic heterocycles. The fraction of sp³-hybridized carbons (Fsp3) is 0.227. The first kappa shape index (κ1) is 21.6. The van der Waals surface area contributed by atoms with Gasteiger partial charge in [-0.25, -0.2) is 23.8 Å². The highest BCUT2D eigenvalue weighted by molar-refractivity contribution is 5.69. The quantitative estimate of drug-likeness (QED) is 0.438. The molecule has 174 valence electrons. The van der Waals surface area contributed by atoms with Gasteiger partial charge in [-0.2, -0.15) is 5.10 Å². The number of rotatable bonds is 7. The summed E-state index contributed by atoms with van der Waals surface area (Å²) in [5.41, 5.74) is 1.75. The van der Waals surface area contributed by atoms with Gasteiger partial charge in [0.1, 0.15) is 30.0 Å². The van der Waals surface area contributed by atoms with Crippen LogP contribution in [0.5, 0.6) is 0 Å². The lowest BCUT2D eigenvalue weighted by molar-refractivity contribution is -0.138. The van der Waals surface area contributed by atoms with Gasteiger partial charge in [0.05, 0.1) is 18.4 Å². The van der Waals surface area contributed by atoms with Crippen molar-refractivity contribution in [1.82, 2.24) is 29.9 Å². The number of anilines is 1. The third-order valence-electron chi connectivity index (χ3n) is 5.40. The van der Waals surface area contributed by atoms with E-state index in [4.69, 9.17) is 9.63 Å². The zero-order valence-electron chi connectivity index (χ0n) is 17.8. The van der Waals surface area contributed by atoms with Gasteiger partial charge in [-0.05, 0) is 18.6 Å². The smallest absolute Gasteiger partial charge is 0.319 e. The Labute approximate surface area is 192 Å². The lowest BCUT2D eigenvalue weighted by Gasteiger charge is -2.27. The topological polar surface area (TPSA) is 113 Å². The van der Waals surface area contributed by atoms with Crippen LogP contribution in [-0.2, 0) is 11.3 Å². The van der Waals surface area contributed by atoms with Crippen LogP contribution >= 0.6 is 0 Å². The van der Waals surface area contributed by atoms with Crippen LogP contribution in [-0.4, -0.2) is 60.6 Å². The number of aromatic nitrogens is 5. The minimum Gasteiger partial charge on any atom is -0.480 e. The lowest BCUT2D eigenvalue weighted by atomic mass is 10.2. The lowest BCUT2D eigenvalue weighted by Crippen LogP contribution is -2.41. The predicted molar refractivity (Wildman–Crippen MR) is 115 cm³/mol. The van der Waals surface area contributed by atoms with E-state index in [1.165, 1.54) is 22.3 Å². The number of hydrogen-bond acceptors (Lipinski definition) is 8. The Hall–Kier alpha value is -4.19. The molecule has 4 heterocycles. The van der Waals surface area contributed by atoms with Crippen molar-refractivity contribution >= 4 is 11.8 Å². The molecule has 12 heteroatoms. The Kier molecular flexibility index (Phi) is 5.72. The fourth-order valence-electron chi connectivity index (χ4n) is 3.87. The van der Waals surface area contributed by atoms with E-state index < -0.39 is 11.8 Å². The second kappa shape index (κ2) is 8.98. The molecule has 10 nitrogen and oxygen atoms in total. The third-order valence-corrected chi connectivity index (χ3v) is 5.40. The largest absolute Gasteiger partial charge is 0.480 e. The van der Waals surface area contributed by atoms with Gasteiger partial charge < -0.3 is 9.63 Å². The van der Waals surface area contributed by atoms with Crippen LogP contribution in [0.15, 0.2) is 53.4 Å². The van der Waals surface area contributed by atoms with Crippen LogP contribution in [0.1, 0.15) is 12.0 Å². The average molecular weight is 467 g/mol. The Morgan fingerprint density at radius 1 is 1.12 bits per heavy atom. The molecular formula is C22H19F2N7O3. The fourth-order valence-corrected chi connectivity index (χ4v) is 3.87. The summed E-state index contributed by atoms with van der Waals surface area (Å²) in [4.78, 5) is 19.6. The molecule has 5 rings (SSSR count). The van der Waals surface area contributed by atoms with Crippen molar-refractivity contribution in [2.45, 2.75) is 13.0 Å². The SMILES string of the molecule is O=C(O)CN1CCCN1c1nc(-c2cc(-c3ccon3)n(Cc3ccccc3F)n2)ncc1F. The molecule has 1 saturated heterocycles. The molecule has 0 bridgehead atoms. The standard InChI is InChI=1S/C22H19F2N7O3/c23-15-5-2-1-4-14(15)12-30-19(17-6-9-34-28-17)10-18(27-30)21-25-11-16(24)22(26-21)31-8-3-7-29(31)13-20(32)33/h1-2,4-6,9-11H,3,7-8,12-13H2,(H,32,33). The highest BCUT2D eigenvalue weighted by Gasteiger charge is 2.28. The summed E-state index contributed by atoms with van der Waals surface area (Å²) >= 11 is 0. The van der Waals surface area contributed by atoms with Crippen molar-refractivity contribution < 1.29 is 23.2 Å². The first-order valence-corrected chi connectivity index (χ1v) is 10.5. The summed E-state index contributed by atoms with van der Waals surface area (Å²) in [6.45, 7) is 0.735. The Bertz CT molecular complexity index is 1330. The van der Waals surface area contributed by atoms with Crippen molar-refractivity contribution in [2.75, 3.05) is 24.6 Å². The molecule has 0 radical (unpaired) electrons. The molecule has 0 unspecified atom stereocenters. The third kappa shape index (κ3) is 4.22. The summed E-state index contributed by atoms with van der Waals surface area (Å²) in [5, 5.41) is 20.7. The van der Waals surface area contributed by atoms with E-state index in [-0.39, 0.29) is 30.5 Å². The molecule has 0 atom stereocenters. The number of hydrazine groups is 1. The van der Waals surface area contributed by atoms with E-state index in [9.17, 15) is 13.6 Å². The zero-order valence-corrected chi connectivity index (χ0v) is 17.8. The van der Waals surface area contributed by atoms with E-state index in [1.54, 1.807) is 35.0 Å². The summed E-state index contributed by atoms with van der Waals surface area (Å²) in [7, 11) is 0. The first-order chi connectivity index (χ1) is 16.5. The number of benzene rings is 1. The number of carboxylic acids is 1. The number of nitrogens with zero attached hydrogens (tertiary/aromatic N) is 7. The highest BCUT2D eigenvalue weighted by atomic mass is 19.1. The molecule has 1 aliphatic rings. The molecule has 0 aliphatic carbocycles. The maximum absolute atomic E-state index is 14.7. The monoisotopic (exact) mass is 467 g/mol. The van der Waals surface area contributed by atoms with Crippen molar-refractivity contribution in [2.24, 2.45) is 0 Å². The van der Waals surface area contributed by atoms with E-state index >= 15 is 0 Å². The van der Waals surface area contributed by atoms with Crippen molar-refractivity contribution in [3.63, 3.8) is 0 Å².